The molecule has 0 saturated heterocycles. The fourth-order valence-corrected chi connectivity index (χ4v) is 8.30. The van der Waals surface area contributed by atoms with Crippen LogP contribution in [-0.4, -0.2) is 4.57 Å². The molecule has 53 heavy (non-hydrogen) atoms. The summed E-state index contributed by atoms with van der Waals surface area (Å²) in [6.45, 7) is 2.68. The van der Waals surface area contributed by atoms with Crippen LogP contribution in [0.2, 0.25) is 0 Å². The Bertz CT molecular complexity index is 2620. The van der Waals surface area contributed by atoms with Crippen molar-refractivity contribution in [3.63, 3.8) is 0 Å². The molecule has 3 aliphatic rings. The highest BCUT2D eigenvalue weighted by Crippen LogP contribution is 2.49. The van der Waals surface area contributed by atoms with Crippen LogP contribution < -0.4 is 0 Å². The Morgan fingerprint density at radius 3 is 2.23 bits per heavy atom. The van der Waals surface area contributed by atoms with Crippen LogP contribution in [0, 0.1) is 34.0 Å². The molecule has 1 aromatic heterocycles. The number of hydrogen-bond donors (Lipinski definition) is 0. The van der Waals surface area contributed by atoms with Gasteiger partial charge in [0.1, 0.15) is 23.8 Å². The average Bonchev–Trinajstić information content (AvgIpc) is 3.78. The van der Waals surface area contributed by atoms with Gasteiger partial charge in [-0.25, -0.2) is 0 Å². The molecule has 254 valence electrons. The van der Waals surface area contributed by atoms with Crippen LogP contribution in [0.25, 0.3) is 27.6 Å². The Kier molecular flexibility index (Phi) is 8.77. The molecule has 2 aliphatic carbocycles. The number of halogens is 1. The van der Waals surface area contributed by atoms with Gasteiger partial charge in [-0.1, -0.05) is 139 Å². The molecule has 0 N–H and O–H groups in total. The van der Waals surface area contributed by atoms with E-state index in [4.69, 9.17) is 16.3 Å². The van der Waals surface area contributed by atoms with Gasteiger partial charge in [0.2, 0.25) is 0 Å². The van der Waals surface area contributed by atoms with E-state index in [1.165, 1.54) is 33.3 Å². The lowest BCUT2D eigenvalue weighted by atomic mass is 9.86. The molecule has 0 spiro atoms. The van der Waals surface area contributed by atoms with E-state index < -0.39 is 5.60 Å². The number of fused-ring (bicyclic) bond motifs is 4. The molecule has 1 unspecified atom stereocenters. The zero-order chi connectivity index (χ0) is 36.5. The summed E-state index contributed by atoms with van der Waals surface area (Å²) in [5, 5.41) is 31.7. The highest BCUT2D eigenvalue weighted by atomic mass is 35.5. The molecule has 1 aliphatic heterocycles. The van der Waals surface area contributed by atoms with E-state index in [0.29, 0.717) is 10.6 Å². The molecule has 4 aromatic carbocycles. The van der Waals surface area contributed by atoms with Gasteiger partial charge >= 0.3 is 0 Å². The predicted octanol–water partition coefficient (Wildman–Crippen LogP) is 11.1. The van der Waals surface area contributed by atoms with Crippen LogP contribution in [0.3, 0.4) is 0 Å². The van der Waals surface area contributed by atoms with Crippen molar-refractivity contribution in [3.8, 4) is 18.2 Å². The third-order valence-electron chi connectivity index (χ3n) is 10.5. The highest BCUT2D eigenvalue weighted by molar-refractivity contribution is 6.42. The van der Waals surface area contributed by atoms with E-state index in [2.05, 4.69) is 89.5 Å². The largest absolute Gasteiger partial charge is 0.474 e. The van der Waals surface area contributed by atoms with Crippen LogP contribution in [0.4, 0.5) is 0 Å². The van der Waals surface area contributed by atoms with Gasteiger partial charge in [-0.05, 0) is 60.1 Å². The van der Waals surface area contributed by atoms with Crippen molar-refractivity contribution in [1.29, 1.82) is 15.8 Å². The summed E-state index contributed by atoms with van der Waals surface area (Å²) in [6.07, 6.45) is 11.2. The van der Waals surface area contributed by atoms with Crippen molar-refractivity contribution < 1.29 is 4.74 Å². The van der Waals surface area contributed by atoms with E-state index in [1.54, 1.807) is 0 Å². The lowest BCUT2D eigenvalue weighted by Crippen LogP contribution is -2.23. The molecule has 0 amide bonds. The molecule has 0 radical (unpaired) electrons. The first-order chi connectivity index (χ1) is 26.0. The van der Waals surface area contributed by atoms with Gasteiger partial charge < -0.3 is 9.30 Å². The predicted molar refractivity (Wildman–Crippen MR) is 210 cm³/mol. The van der Waals surface area contributed by atoms with Gasteiger partial charge in [-0.3, -0.25) is 0 Å². The number of benzene rings is 4. The first-order valence-corrected chi connectivity index (χ1v) is 18.0. The average molecular weight is 705 g/mol. The summed E-state index contributed by atoms with van der Waals surface area (Å²) < 4.78 is 8.83. The van der Waals surface area contributed by atoms with E-state index in [9.17, 15) is 15.8 Å². The first kappa shape index (κ1) is 33.6. The number of aromatic nitrogens is 1. The van der Waals surface area contributed by atoms with Gasteiger partial charge in [0.15, 0.2) is 16.9 Å². The van der Waals surface area contributed by atoms with Gasteiger partial charge in [-0.15, -0.1) is 0 Å². The number of ether oxygens (including phenoxy) is 1. The number of nitrogens with zero attached hydrogens (tertiary/aromatic N) is 4. The molecule has 6 heteroatoms. The molecule has 8 rings (SSSR count). The van der Waals surface area contributed by atoms with Gasteiger partial charge in [0, 0.05) is 45.4 Å². The Morgan fingerprint density at radius 2 is 1.49 bits per heavy atom. The molecule has 5 nitrogen and oxygen atoms in total. The molecular formula is C47H33ClN4O. The topological polar surface area (TPSA) is 85.5 Å². The summed E-state index contributed by atoms with van der Waals surface area (Å²) >= 11 is 7.30. The van der Waals surface area contributed by atoms with Crippen molar-refractivity contribution in [3.05, 3.63) is 195 Å². The minimum absolute atomic E-state index is 0.0143. The SMILES string of the molecule is CC1(c2ccccc2)OC(=C(C#N)C#N)C(C#N)=C1/C=C/C1=C(Cl)C(=C\C=C2/CCCc3c2c2ccccc2n3Cc2ccccc2)/c2ccccc21. The standard InChI is InChI=1S/C47H33ClN4O/c1-47(34-16-6-3-7-17-34)41(40(29-51)46(53-47)33(27-49)28-50)26-25-38-36-19-9-8-18-35(36)37(45(38)48)24-23-32-15-12-22-43-44(32)39-20-10-11-21-42(39)52(43)30-31-13-4-2-5-14-31/h2-11,13-14,16-21,23-26H,12,15,22,30H2,1H3/b26-25+,32-23+,37-24-. The minimum atomic E-state index is -1.12. The highest BCUT2D eigenvalue weighted by Gasteiger charge is 2.44. The summed E-state index contributed by atoms with van der Waals surface area (Å²) in [5.41, 5.74) is 10.4. The molecule has 2 heterocycles. The number of nitriles is 3. The summed E-state index contributed by atoms with van der Waals surface area (Å²) in [5.74, 6) is -0.0143. The zero-order valence-corrected chi connectivity index (χ0v) is 29.9. The second-order valence-electron chi connectivity index (χ2n) is 13.5. The van der Waals surface area contributed by atoms with Gasteiger partial charge in [0.25, 0.3) is 0 Å². The molecule has 0 bridgehead atoms. The quantitative estimate of drug-likeness (QED) is 0.165. The fourth-order valence-electron chi connectivity index (χ4n) is 7.97. The maximum Gasteiger partial charge on any atom is 0.172 e. The summed E-state index contributed by atoms with van der Waals surface area (Å²) in [4.78, 5) is 0. The molecular weight excluding hydrogens is 672 g/mol. The third kappa shape index (κ3) is 5.71. The monoisotopic (exact) mass is 704 g/mol. The number of allylic oxidation sites excluding steroid dienone is 9. The minimum Gasteiger partial charge on any atom is -0.474 e. The Balaban J connectivity index is 1.23. The molecule has 1 atom stereocenters. The van der Waals surface area contributed by atoms with Crippen molar-refractivity contribution in [2.75, 3.05) is 0 Å². The van der Waals surface area contributed by atoms with E-state index >= 15 is 0 Å². The van der Waals surface area contributed by atoms with Crippen molar-refractivity contribution in [2.24, 2.45) is 0 Å². The molecule has 0 saturated carbocycles. The summed E-state index contributed by atoms with van der Waals surface area (Å²) in [7, 11) is 0. The van der Waals surface area contributed by atoms with Gasteiger partial charge in [0.05, 0.1) is 5.03 Å². The van der Waals surface area contributed by atoms with E-state index in [1.807, 2.05) is 73.7 Å². The fraction of sp³-hybridized carbons (Fsp3) is 0.128. The maximum absolute atomic E-state index is 10.3. The maximum atomic E-state index is 10.3. The van der Waals surface area contributed by atoms with Crippen LogP contribution in [0.15, 0.2) is 161 Å². The second-order valence-corrected chi connectivity index (χ2v) is 13.9. The third-order valence-corrected chi connectivity index (χ3v) is 10.9. The van der Waals surface area contributed by atoms with Gasteiger partial charge in [-0.2, -0.15) is 15.8 Å². The lowest BCUT2D eigenvalue weighted by Gasteiger charge is -2.27. The van der Waals surface area contributed by atoms with Crippen LogP contribution >= 0.6 is 11.6 Å². The number of rotatable bonds is 6. The lowest BCUT2D eigenvalue weighted by molar-refractivity contribution is 0.0755. The first-order valence-electron chi connectivity index (χ1n) is 17.6. The molecule has 0 fully saturated rings. The van der Waals surface area contributed by atoms with Crippen molar-refractivity contribution >= 4 is 39.2 Å². The van der Waals surface area contributed by atoms with Crippen molar-refractivity contribution in [2.45, 2.75) is 38.3 Å². The number of hydrogen-bond acceptors (Lipinski definition) is 4. The van der Waals surface area contributed by atoms with E-state index in [-0.39, 0.29) is 16.9 Å². The zero-order valence-electron chi connectivity index (χ0n) is 29.1. The Morgan fingerprint density at radius 1 is 0.811 bits per heavy atom. The van der Waals surface area contributed by atoms with E-state index in [0.717, 1.165) is 53.6 Å². The second kappa shape index (κ2) is 13.9. The van der Waals surface area contributed by atoms with Crippen molar-refractivity contribution in [1.82, 2.24) is 4.57 Å². The van der Waals surface area contributed by atoms with Crippen LogP contribution in [0.5, 0.6) is 0 Å². The van der Waals surface area contributed by atoms with Crippen LogP contribution in [-0.2, 0) is 23.3 Å². The number of para-hydroxylation sites is 1. The van der Waals surface area contributed by atoms with Crippen LogP contribution in [0.1, 0.15) is 53.3 Å². The summed E-state index contributed by atoms with van der Waals surface area (Å²) in [6, 6.07) is 43.0. The molecule has 5 aromatic rings. The smallest absolute Gasteiger partial charge is 0.172 e. The Labute approximate surface area is 314 Å². The normalized spacial score (nSPS) is 19.3. The Hall–Kier alpha value is -6.58.